The maximum atomic E-state index is 11.3. The van der Waals surface area contributed by atoms with Crippen molar-refractivity contribution in [2.75, 3.05) is 20.3 Å². The Bertz CT molecular complexity index is 355. The largest absolute Gasteiger partial charge is 0.383 e. The lowest BCUT2D eigenvalue weighted by Gasteiger charge is -2.00. The van der Waals surface area contributed by atoms with Gasteiger partial charge in [-0.2, -0.15) is 0 Å². The molecule has 1 N–H and O–H groups in total. The number of ether oxygens (including phenoxy) is 1. The van der Waals surface area contributed by atoms with E-state index in [2.05, 4.69) is 5.32 Å². The van der Waals surface area contributed by atoms with Gasteiger partial charge in [0.15, 0.2) is 0 Å². The Hall–Kier alpha value is -1.61. The van der Waals surface area contributed by atoms with Gasteiger partial charge in [-0.1, -0.05) is 29.8 Å². The summed E-state index contributed by atoms with van der Waals surface area (Å²) < 4.78 is 4.83. The molecule has 0 aliphatic heterocycles. The SMILES string of the molecule is COCCNC(=O)C=Cc1ccc(C)cc1. The van der Waals surface area contributed by atoms with Crippen LogP contribution in [0.2, 0.25) is 0 Å². The third kappa shape index (κ3) is 4.75. The average Bonchev–Trinajstić information content (AvgIpc) is 2.29. The molecule has 0 saturated heterocycles. The molecule has 0 aliphatic carbocycles. The molecule has 0 spiro atoms. The Balaban J connectivity index is 2.41. The molecule has 0 heterocycles. The van der Waals surface area contributed by atoms with Crippen LogP contribution in [0.4, 0.5) is 0 Å². The van der Waals surface area contributed by atoms with E-state index >= 15 is 0 Å². The number of nitrogens with one attached hydrogen (secondary N) is 1. The van der Waals surface area contributed by atoms with E-state index < -0.39 is 0 Å². The third-order valence-electron chi connectivity index (χ3n) is 2.11. The third-order valence-corrected chi connectivity index (χ3v) is 2.11. The van der Waals surface area contributed by atoms with Crippen LogP contribution in [0, 0.1) is 6.92 Å². The summed E-state index contributed by atoms with van der Waals surface area (Å²) in [5.74, 6) is -0.0994. The summed E-state index contributed by atoms with van der Waals surface area (Å²) in [5, 5.41) is 2.71. The van der Waals surface area contributed by atoms with Crippen molar-refractivity contribution in [3.8, 4) is 0 Å². The molecule has 0 aromatic heterocycles. The number of methoxy groups -OCH3 is 1. The van der Waals surface area contributed by atoms with Crippen LogP contribution in [0.25, 0.3) is 6.08 Å². The Labute approximate surface area is 96.1 Å². The molecule has 1 aromatic carbocycles. The second-order valence-corrected chi connectivity index (χ2v) is 3.53. The van der Waals surface area contributed by atoms with Crippen LogP contribution in [-0.2, 0) is 9.53 Å². The van der Waals surface area contributed by atoms with E-state index in [0.29, 0.717) is 13.2 Å². The summed E-state index contributed by atoms with van der Waals surface area (Å²) in [5.41, 5.74) is 2.23. The highest BCUT2D eigenvalue weighted by molar-refractivity contribution is 5.91. The summed E-state index contributed by atoms with van der Waals surface area (Å²) in [4.78, 5) is 11.3. The first kappa shape index (κ1) is 12.5. The van der Waals surface area contributed by atoms with Crippen molar-refractivity contribution >= 4 is 12.0 Å². The minimum absolute atomic E-state index is 0.0994. The summed E-state index contributed by atoms with van der Waals surface area (Å²) in [6.45, 7) is 3.10. The molecule has 3 nitrogen and oxygen atoms in total. The van der Waals surface area contributed by atoms with Gasteiger partial charge in [-0.15, -0.1) is 0 Å². The van der Waals surface area contributed by atoms with Crippen molar-refractivity contribution in [1.82, 2.24) is 5.32 Å². The Morgan fingerprint density at radius 2 is 2.06 bits per heavy atom. The molecule has 0 unspecified atom stereocenters. The van der Waals surface area contributed by atoms with E-state index in [9.17, 15) is 4.79 Å². The number of hydrogen-bond acceptors (Lipinski definition) is 2. The molecule has 0 fully saturated rings. The molecule has 1 amide bonds. The monoisotopic (exact) mass is 219 g/mol. The number of rotatable bonds is 5. The summed E-state index contributed by atoms with van der Waals surface area (Å²) in [7, 11) is 1.61. The summed E-state index contributed by atoms with van der Waals surface area (Å²) in [6, 6.07) is 7.99. The number of hydrogen-bond donors (Lipinski definition) is 1. The van der Waals surface area contributed by atoms with Gasteiger partial charge < -0.3 is 10.1 Å². The zero-order chi connectivity index (χ0) is 11.8. The van der Waals surface area contributed by atoms with Crippen molar-refractivity contribution in [3.63, 3.8) is 0 Å². The molecule has 1 rings (SSSR count). The van der Waals surface area contributed by atoms with Gasteiger partial charge in [0.2, 0.25) is 5.91 Å². The average molecular weight is 219 g/mol. The number of carbonyl (C=O) groups is 1. The molecule has 16 heavy (non-hydrogen) atoms. The molecule has 1 aromatic rings. The topological polar surface area (TPSA) is 38.3 Å². The van der Waals surface area contributed by atoms with Crippen LogP contribution in [0.1, 0.15) is 11.1 Å². The molecule has 0 atom stereocenters. The van der Waals surface area contributed by atoms with E-state index in [-0.39, 0.29) is 5.91 Å². The standard InChI is InChI=1S/C13H17NO2/c1-11-3-5-12(6-4-11)7-8-13(15)14-9-10-16-2/h3-8H,9-10H2,1-2H3,(H,14,15). The highest BCUT2D eigenvalue weighted by atomic mass is 16.5. The number of benzene rings is 1. The van der Waals surface area contributed by atoms with E-state index in [1.54, 1.807) is 13.2 Å². The summed E-state index contributed by atoms with van der Waals surface area (Å²) >= 11 is 0. The predicted molar refractivity (Wildman–Crippen MR) is 65.1 cm³/mol. The van der Waals surface area contributed by atoms with Gasteiger partial charge in [-0.25, -0.2) is 0 Å². The molecule has 0 aliphatic rings. The highest BCUT2D eigenvalue weighted by Crippen LogP contribution is 2.04. The van der Waals surface area contributed by atoms with E-state index in [1.165, 1.54) is 11.6 Å². The molecular weight excluding hydrogens is 202 g/mol. The van der Waals surface area contributed by atoms with Crippen LogP contribution in [0.15, 0.2) is 30.3 Å². The summed E-state index contributed by atoms with van der Waals surface area (Å²) in [6.07, 6.45) is 3.32. The maximum Gasteiger partial charge on any atom is 0.244 e. The number of amides is 1. The van der Waals surface area contributed by atoms with Gasteiger partial charge in [-0.3, -0.25) is 4.79 Å². The van der Waals surface area contributed by atoms with Crippen LogP contribution in [-0.4, -0.2) is 26.2 Å². The van der Waals surface area contributed by atoms with Gasteiger partial charge in [0, 0.05) is 19.7 Å². The normalized spacial score (nSPS) is 10.6. The Morgan fingerprint density at radius 3 is 2.69 bits per heavy atom. The van der Waals surface area contributed by atoms with E-state index in [0.717, 1.165) is 5.56 Å². The Morgan fingerprint density at radius 1 is 1.38 bits per heavy atom. The number of carbonyl (C=O) groups excluding carboxylic acids is 1. The van der Waals surface area contributed by atoms with Crippen molar-refractivity contribution in [2.24, 2.45) is 0 Å². The molecule has 3 heteroatoms. The van der Waals surface area contributed by atoms with Gasteiger partial charge >= 0.3 is 0 Å². The predicted octanol–water partition coefficient (Wildman–Crippen LogP) is 1.77. The van der Waals surface area contributed by atoms with Gasteiger partial charge in [0.05, 0.1) is 6.61 Å². The molecule has 0 bridgehead atoms. The second kappa shape index (κ2) is 6.80. The minimum Gasteiger partial charge on any atom is -0.383 e. The smallest absolute Gasteiger partial charge is 0.244 e. The van der Waals surface area contributed by atoms with Crippen molar-refractivity contribution < 1.29 is 9.53 Å². The fourth-order valence-electron chi connectivity index (χ4n) is 1.18. The molecule has 86 valence electrons. The van der Waals surface area contributed by atoms with Crippen LogP contribution in [0.3, 0.4) is 0 Å². The molecule has 0 saturated carbocycles. The lowest BCUT2D eigenvalue weighted by atomic mass is 10.1. The zero-order valence-electron chi connectivity index (χ0n) is 9.69. The molecular formula is C13H17NO2. The minimum atomic E-state index is -0.0994. The zero-order valence-corrected chi connectivity index (χ0v) is 9.69. The second-order valence-electron chi connectivity index (χ2n) is 3.53. The first-order chi connectivity index (χ1) is 7.72. The van der Waals surface area contributed by atoms with Crippen LogP contribution in [0.5, 0.6) is 0 Å². The van der Waals surface area contributed by atoms with Gasteiger partial charge in [-0.05, 0) is 18.6 Å². The van der Waals surface area contributed by atoms with Crippen molar-refractivity contribution in [2.45, 2.75) is 6.92 Å². The van der Waals surface area contributed by atoms with Crippen LogP contribution < -0.4 is 5.32 Å². The lowest BCUT2D eigenvalue weighted by Crippen LogP contribution is -2.24. The van der Waals surface area contributed by atoms with E-state index in [1.807, 2.05) is 31.2 Å². The van der Waals surface area contributed by atoms with Crippen LogP contribution >= 0.6 is 0 Å². The van der Waals surface area contributed by atoms with Crippen molar-refractivity contribution in [3.05, 3.63) is 41.5 Å². The fraction of sp³-hybridized carbons (Fsp3) is 0.308. The molecule has 0 radical (unpaired) electrons. The fourth-order valence-corrected chi connectivity index (χ4v) is 1.18. The van der Waals surface area contributed by atoms with Gasteiger partial charge in [0.1, 0.15) is 0 Å². The van der Waals surface area contributed by atoms with Gasteiger partial charge in [0.25, 0.3) is 0 Å². The Kier molecular flexibility index (Phi) is 5.29. The lowest BCUT2D eigenvalue weighted by molar-refractivity contribution is -0.116. The first-order valence-electron chi connectivity index (χ1n) is 5.24. The number of aryl methyl sites for hydroxylation is 1. The van der Waals surface area contributed by atoms with Crippen molar-refractivity contribution in [1.29, 1.82) is 0 Å². The maximum absolute atomic E-state index is 11.3. The van der Waals surface area contributed by atoms with E-state index in [4.69, 9.17) is 4.74 Å². The highest BCUT2D eigenvalue weighted by Gasteiger charge is 1.93. The first-order valence-corrected chi connectivity index (χ1v) is 5.24. The quantitative estimate of drug-likeness (QED) is 0.605.